The average Bonchev–Trinajstić information content (AvgIpc) is 3.32. The molecule has 0 spiro atoms. The number of likely N-dealkylation sites (tertiary alicyclic amines) is 1. The van der Waals surface area contributed by atoms with E-state index in [9.17, 15) is 0 Å². The first kappa shape index (κ1) is 17.5. The molecule has 0 aliphatic carbocycles. The van der Waals surface area contributed by atoms with Gasteiger partial charge in [0.05, 0.1) is 19.5 Å². The van der Waals surface area contributed by atoms with E-state index in [1.54, 1.807) is 6.20 Å². The molecule has 0 bridgehead atoms. The molecular formula is C19H27N5O. The summed E-state index contributed by atoms with van der Waals surface area (Å²) in [6, 6.07) is 10.3. The first-order valence-electron chi connectivity index (χ1n) is 8.88. The van der Waals surface area contributed by atoms with Crippen LogP contribution in [0.5, 0.6) is 0 Å². The Labute approximate surface area is 149 Å². The van der Waals surface area contributed by atoms with Crippen LogP contribution in [0.2, 0.25) is 0 Å². The molecule has 1 N–H and O–H groups in total. The van der Waals surface area contributed by atoms with Gasteiger partial charge < -0.3 is 19.5 Å². The summed E-state index contributed by atoms with van der Waals surface area (Å²) < 4.78 is 7.96. The van der Waals surface area contributed by atoms with Gasteiger partial charge in [0, 0.05) is 51.5 Å². The zero-order chi connectivity index (χ0) is 17.3. The molecule has 1 atom stereocenters. The van der Waals surface area contributed by atoms with Gasteiger partial charge in [0.25, 0.3) is 0 Å². The quantitative estimate of drug-likeness (QED) is 0.618. The van der Waals surface area contributed by atoms with Crippen molar-refractivity contribution in [2.75, 3.05) is 33.3 Å². The normalized spacial score (nSPS) is 17.9. The summed E-state index contributed by atoms with van der Waals surface area (Å²) in [5, 5.41) is 3.44. The van der Waals surface area contributed by atoms with Crippen LogP contribution in [0.25, 0.3) is 0 Å². The third-order valence-corrected chi connectivity index (χ3v) is 4.47. The smallest absolute Gasteiger partial charge is 0.193 e. The number of guanidine groups is 1. The van der Waals surface area contributed by atoms with E-state index < -0.39 is 0 Å². The highest BCUT2D eigenvalue weighted by Crippen LogP contribution is 2.17. The first-order chi connectivity index (χ1) is 12.3. The van der Waals surface area contributed by atoms with Crippen LogP contribution in [0.1, 0.15) is 12.0 Å². The highest BCUT2D eigenvalue weighted by molar-refractivity contribution is 5.80. The SMILES string of the molecule is CN=C(NCCn1ccnc1)N1CCC(COCc2ccccc2)C1. The Morgan fingerprint density at radius 1 is 1.36 bits per heavy atom. The topological polar surface area (TPSA) is 54.7 Å². The van der Waals surface area contributed by atoms with E-state index in [-0.39, 0.29) is 0 Å². The maximum absolute atomic E-state index is 5.90. The molecule has 1 unspecified atom stereocenters. The zero-order valence-corrected chi connectivity index (χ0v) is 14.8. The lowest BCUT2D eigenvalue weighted by atomic mass is 10.1. The van der Waals surface area contributed by atoms with Crippen molar-refractivity contribution in [2.45, 2.75) is 19.6 Å². The second-order valence-corrected chi connectivity index (χ2v) is 6.38. The molecule has 134 valence electrons. The summed E-state index contributed by atoms with van der Waals surface area (Å²) in [5.41, 5.74) is 1.23. The Morgan fingerprint density at radius 3 is 3.00 bits per heavy atom. The Kier molecular flexibility index (Phi) is 6.45. The van der Waals surface area contributed by atoms with Gasteiger partial charge in [-0.25, -0.2) is 4.98 Å². The van der Waals surface area contributed by atoms with Crippen molar-refractivity contribution in [3.05, 3.63) is 54.6 Å². The van der Waals surface area contributed by atoms with Crippen LogP contribution in [-0.4, -0.2) is 53.7 Å². The third kappa shape index (κ3) is 5.32. The molecule has 0 saturated carbocycles. The van der Waals surface area contributed by atoms with Gasteiger partial charge in [0.2, 0.25) is 0 Å². The number of nitrogens with one attached hydrogen (secondary N) is 1. The van der Waals surface area contributed by atoms with E-state index in [1.165, 1.54) is 5.56 Å². The minimum absolute atomic E-state index is 0.566. The van der Waals surface area contributed by atoms with Gasteiger partial charge >= 0.3 is 0 Å². The van der Waals surface area contributed by atoms with Gasteiger partial charge in [-0.15, -0.1) is 0 Å². The summed E-state index contributed by atoms with van der Waals surface area (Å²) in [6.07, 6.45) is 6.76. The molecule has 25 heavy (non-hydrogen) atoms. The summed E-state index contributed by atoms with van der Waals surface area (Å²) in [5.74, 6) is 1.54. The van der Waals surface area contributed by atoms with E-state index in [0.29, 0.717) is 12.5 Å². The van der Waals surface area contributed by atoms with Gasteiger partial charge in [0.1, 0.15) is 0 Å². The average molecular weight is 341 g/mol. The predicted molar refractivity (Wildman–Crippen MR) is 99.4 cm³/mol. The highest BCUT2D eigenvalue weighted by Gasteiger charge is 2.24. The fourth-order valence-corrected chi connectivity index (χ4v) is 3.13. The van der Waals surface area contributed by atoms with Crippen LogP contribution in [0.4, 0.5) is 0 Å². The molecule has 0 radical (unpaired) electrons. The lowest BCUT2D eigenvalue weighted by Gasteiger charge is -2.21. The second kappa shape index (κ2) is 9.22. The summed E-state index contributed by atoms with van der Waals surface area (Å²) in [7, 11) is 1.85. The number of hydrogen-bond acceptors (Lipinski definition) is 3. The molecule has 6 heteroatoms. The van der Waals surface area contributed by atoms with Crippen molar-refractivity contribution in [3.8, 4) is 0 Å². The Hall–Kier alpha value is -2.34. The summed E-state index contributed by atoms with van der Waals surface area (Å²) >= 11 is 0. The Bertz CT molecular complexity index is 641. The molecule has 0 amide bonds. The number of aliphatic imine (C=N–C) groups is 1. The second-order valence-electron chi connectivity index (χ2n) is 6.38. The molecule has 1 aliphatic heterocycles. The fraction of sp³-hybridized carbons (Fsp3) is 0.474. The van der Waals surface area contributed by atoms with E-state index in [1.807, 2.05) is 25.6 Å². The Morgan fingerprint density at radius 2 is 2.24 bits per heavy atom. The maximum atomic E-state index is 5.90. The van der Waals surface area contributed by atoms with Gasteiger partial charge in [-0.3, -0.25) is 4.99 Å². The molecule has 1 saturated heterocycles. The number of benzene rings is 1. The monoisotopic (exact) mass is 341 g/mol. The summed E-state index contributed by atoms with van der Waals surface area (Å²) in [4.78, 5) is 10.8. The van der Waals surface area contributed by atoms with Crippen molar-refractivity contribution in [3.63, 3.8) is 0 Å². The molecular weight excluding hydrogens is 314 g/mol. The fourth-order valence-electron chi connectivity index (χ4n) is 3.13. The van der Waals surface area contributed by atoms with Crippen LogP contribution in [0.3, 0.4) is 0 Å². The van der Waals surface area contributed by atoms with Crippen LogP contribution in [0, 0.1) is 5.92 Å². The predicted octanol–water partition coefficient (Wildman–Crippen LogP) is 2.00. The molecule has 2 aromatic rings. The largest absolute Gasteiger partial charge is 0.376 e. The minimum atomic E-state index is 0.566. The molecule has 1 aromatic heterocycles. The van der Waals surface area contributed by atoms with E-state index in [0.717, 1.165) is 45.2 Å². The Balaban J connectivity index is 1.37. The first-order valence-corrected chi connectivity index (χ1v) is 8.88. The molecule has 6 nitrogen and oxygen atoms in total. The van der Waals surface area contributed by atoms with Gasteiger partial charge in [-0.2, -0.15) is 0 Å². The molecule has 1 aromatic carbocycles. The van der Waals surface area contributed by atoms with Crippen LogP contribution in [-0.2, 0) is 17.9 Å². The van der Waals surface area contributed by atoms with Gasteiger partial charge in [-0.05, 0) is 12.0 Å². The van der Waals surface area contributed by atoms with Crippen molar-refractivity contribution < 1.29 is 4.74 Å². The van der Waals surface area contributed by atoms with E-state index in [4.69, 9.17) is 4.74 Å². The number of hydrogen-bond donors (Lipinski definition) is 1. The van der Waals surface area contributed by atoms with Crippen LogP contribution >= 0.6 is 0 Å². The molecule has 3 rings (SSSR count). The molecule has 1 aliphatic rings. The number of aromatic nitrogens is 2. The zero-order valence-electron chi connectivity index (χ0n) is 14.8. The standard InChI is InChI=1S/C19H27N5O/c1-20-19(22-9-12-23-11-8-21-16-23)24-10-7-18(13-24)15-25-14-17-5-3-2-4-6-17/h2-6,8,11,16,18H,7,9-10,12-15H2,1H3,(H,20,22). The van der Waals surface area contributed by atoms with E-state index >= 15 is 0 Å². The molecule has 2 heterocycles. The maximum Gasteiger partial charge on any atom is 0.193 e. The minimum Gasteiger partial charge on any atom is -0.376 e. The van der Waals surface area contributed by atoms with Crippen LogP contribution in [0.15, 0.2) is 54.0 Å². The van der Waals surface area contributed by atoms with Crippen molar-refractivity contribution in [1.82, 2.24) is 19.8 Å². The van der Waals surface area contributed by atoms with Crippen LogP contribution < -0.4 is 5.32 Å². The van der Waals surface area contributed by atoms with Gasteiger partial charge in [-0.1, -0.05) is 30.3 Å². The number of imidazole rings is 1. The van der Waals surface area contributed by atoms with Crippen molar-refractivity contribution >= 4 is 5.96 Å². The highest BCUT2D eigenvalue weighted by atomic mass is 16.5. The molecule has 1 fully saturated rings. The number of rotatable bonds is 7. The van der Waals surface area contributed by atoms with Crippen molar-refractivity contribution in [2.24, 2.45) is 10.9 Å². The van der Waals surface area contributed by atoms with Crippen molar-refractivity contribution in [1.29, 1.82) is 0 Å². The van der Waals surface area contributed by atoms with Gasteiger partial charge in [0.15, 0.2) is 5.96 Å². The lowest BCUT2D eigenvalue weighted by Crippen LogP contribution is -2.41. The lowest BCUT2D eigenvalue weighted by molar-refractivity contribution is 0.0907. The number of nitrogens with zero attached hydrogens (tertiary/aromatic N) is 4. The third-order valence-electron chi connectivity index (χ3n) is 4.47. The van der Waals surface area contributed by atoms with E-state index in [2.05, 4.69) is 49.0 Å². The number of ether oxygens (including phenoxy) is 1. The summed E-state index contributed by atoms with van der Waals surface area (Å²) in [6.45, 7) is 5.25.